The van der Waals surface area contributed by atoms with Gasteiger partial charge in [-0.3, -0.25) is 24.3 Å². The van der Waals surface area contributed by atoms with Crippen molar-refractivity contribution in [2.75, 3.05) is 42.3 Å². The molecule has 1 fully saturated rings. The van der Waals surface area contributed by atoms with Gasteiger partial charge in [0.2, 0.25) is 16.3 Å². The van der Waals surface area contributed by atoms with Gasteiger partial charge in [-0.1, -0.05) is 49.0 Å². The Kier molecular flexibility index (Phi) is 7.27. The van der Waals surface area contributed by atoms with Crippen molar-refractivity contribution in [2.45, 2.75) is 26.8 Å². The first-order valence-corrected chi connectivity index (χ1v) is 10.8. The number of aromatic nitrogens is 2. The Morgan fingerprint density at radius 2 is 1.86 bits per heavy atom. The summed E-state index contributed by atoms with van der Waals surface area (Å²) in [5.74, 6) is 0.143. The lowest BCUT2D eigenvalue weighted by molar-refractivity contribution is -0.759. The largest absolute Gasteiger partial charge is 0.305 e. The third-order valence-electron chi connectivity index (χ3n) is 4.93. The second kappa shape index (κ2) is 9.89. The van der Waals surface area contributed by atoms with Crippen molar-refractivity contribution in [1.29, 1.82) is 0 Å². The molecule has 1 aliphatic rings. The number of piperazine rings is 1. The lowest BCUT2D eigenvalue weighted by Crippen LogP contribution is -2.65. The van der Waals surface area contributed by atoms with E-state index in [4.69, 9.17) is 4.52 Å². The van der Waals surface area contributed by atoms with Gasteiger partial charge in [0.05, 0.1) is 17.9 Å². The third kappa shape index (κ3) is 5.80. The van der Waals surface area contributed by atoms with Crippen molar-refractivity contribution in [2.24, 2.45) is 5.92 Å². The highest BCUT2D eigenvalue weighted by Crippen LogP contribution is 2.17. The van der Waals surface area contributed by atoms with Crippen LogP contribution in [0.3, 0.4) is 0 Å². The van der Waals surface area contributed by atoms with Gasteiger partial charge >= 0.3 is 5.88 Å². The van der Waals surface area contributed by atoms with Gasteiger partial charge in [0.25, 0.3) is 6.20 Å². The van der Waals surface area contributed by atoms with Gasteiger partial charge in [-0.2, -0.15) is 5.01 Å². The van der Waals surface area contributed by atoms with Crippen LogP contribution in [0.1, 0.15) is 31.1 Å². The Labute approximate surface area is 175 Å². The Hall–Kier alpha value is -2.39. The van der Waals surface area contributed by atoms with Crippen LogP contribution in [0, 0.1) is 5.92 Å². The van der Waals surface area contributed by atoms with Gasteiger partial charge in [-0.05, 0) is 13.8 Å². The van der Waals surface area contributed by atoms with Crippen LogP contribution in [0.4, 0.5) is 5.88 Å². The number of nitrogens with one attached hydrogen (secondary N) is 1. The predicted molar refractivity (Wildman–Crippen MR) is 112 cm³/mol. The van der Waals surface area contributed by atoms with Crippen molar-refractivity contribution in [3.8, 4) is 0 Å². The molecule has 0 aliphatic carbocycles. The standard InChI is InChI=1S/C20H27N5O3S/c1-15(2)23-9-11-24(12-10-23)25-13-18(28-22-25)21-19(26)16(3)14-29-20(27)17-7-5-4-6-8-17/h4-8,13,15-16H,9-12,14H2,1-3H3/p+1/t16-/m1/s1. The molecule has 8 nitrogen and oxygen atoms in total. The summed E-state index contributed by atoms with van der Waals surface area (Å²) < 4.78 is 5.26. The zero-order valence-electron chi connectivity index (χ0n) is 17.1. The average Bonchev–Trinajstić information content (AvgIpc) is 3.20. The second-order valence-electron chi connectivity index (χ2n) is 7.42. The highest BCUT2D eigenvalue weighted by molar-refractivity contribution is 8.14. The van der Waals surface area contributed by atoms with E-state index in [-0.39, 0.29) is 16.9 Å². The van der Waals surface area contributed by atoms with E-state index in [0.717, 1.165) is 37.9 Å². The van der Waals surface area contributed by atoms with E-state index in [0.29, 0.717) is 23.2 Å². The lowest BCUT2D eigenvalue weighted by atomic mass is 10.2. The third-order valence-corrected chi connectivity index (χ3v) is 6.10. The maximum absolute atomic E-state index is 12.4. The molecule has 9 heteroatoms. The van der Waals surface area contributed by atoms with Gasteiger partial charge in [0.1, 0.15) is 0 Å². The van der Waals surface area contributed by atoms with E-state index in [9.17, 15) is 9.59 Å². The molecule has 1 aromatic carbocycles. The van der Waals surface area contributed by atoms with Gasteiger partial charge in [-0.15, -0.1) is 0 Å². The monoisotopic (exact) mass is 418 g/mol. The smallest absolute Gasteiger partial charge is 0.297 e. The molecule has 0 radical (unpaired) electrons. The fraction of sp³-hybridized carbons (Fsp3) is 0.500. The van der Waals surface area contributed by atoms with Crippen molar-refractivity contribution >= 4 is 28.7 Å². The van der Waals surface area contributed by atoms with Crippen molar-refractivity contribution in [3.63, 3.8) is 0 Å². The first-order chi connectivity index (χ1) is 13.9. The summed E-state index contributed by atoms with van der Waals surface area (Å²) in [5, 5.41) is 8.79. The molecule has 1 atom stereocenters. The number of nitrogens with zero attached hydrogens (tertiary/aromatic N) is 4. The molecule has 1 aliphatic heterocycles. The Balaban J connectivity index is 1.46. The summed E-state index contributed by atoms with van der Waals surface area (Å²) >= 11 is 1.14. The molecule has 0 bridgehead atoms. The molecule has 0 saturated carbocycles. The number of rotatable bonds is 7. The normalized spacial score (nSPS) is 16.1. The van der Waals surface area contributed by atoms with Crippen LogP contribution in [0.2, 0.25) is 0 Å². The molecule has 0 unspecified atom stereocenters. The number of thioether (sulfide) groups is 1. The van der Waals surface area contributed by atoms with Crippen LogP contribution in [0.25, 0.3) is 0 Å². The van der Waals surface area contributed by atoms with Crippen LogP contribution >= 0.6 is 11.8 Å². The second-order valence-corrected chi connectivity index (χ2v) is 8.42. The quantitative estimate of drug-likeness (QED) is 0.686. The minimum Gasteiger partial charge on any atom is -0.297 e. The summed E-state index contributed by atoms with van der Waals surface area (Å²) in [6, 6.07) is 9.59. The molecule has 2 heterocycles. The molecule has 1 aromatic heterocycles. The van der Waals surface area contributed by atoms with E-state index in [2.05, 4.69) is 34.3 Å². The van der Waals surface area contributed by atoms with Crippen molar-refractivity contribution in [3.05, 3.63) is 42.1 Å². The van der Waals surface area contributed by atoms with Crippen LogP contribution < -0.4 is 15.1 Å². The molecule has 29 heavy (non-hydrogen) atoms. The number of hydrogen-bond donors (Lipinski definition) is 1. The van der Waals surface area contributed by atoms with Crippen LogP contribution in [-0.4, -0.2) is 59.2 Å². The number of hydrogen-bond acceptors (Lipinski definition) is 7. The Morgan fingerprint density at radius 3 is 2.52 bits per heavy atom. The number of carbonyl (C=O) groups excluding carboxylic acids is 2. The first-order valence-electron chi connectivity index (χ1n) is 9.85. The topological polar surface area (TPSA) is 82.6 Å². The summed E-state index contributed by atoms with van der Waals surface area (Å²) in [6.45, 7) is 9.79. The number of amides is 1. The van der Waals surface area contributed by atoms with Crippen LogP contribution in [0.15, 0.2) is 41.1 Å². The minimum atomic E-state index is -0.346. The minimum absolute atomic E-state index is 0.0386. The average molecular weight is 419 g/mol. The van der Waals surface area contributed by atoms with Crippen LogP contribution in [-0.2, 0) is 4.79 Å². The Morgan fingerprint density at radius 1 is 1.17 bits per heavy atom. The van der Waals surface area contributed by atoms with Crippen molar-refractivity contribution in [1.82, 2.24) is 10.2 Å². The van der Waals surface area contributed by atoms with Crippen LogP contribution in [0.5, 0.6) is 0 Å². The highest BCUT2D eigenvalue weighted by Gasteiger charge is 2.27. The summed E-state index contributed by atoms with van der Waals surface area (Å²) in [4.78, 5) is 28.6. The lowest BCUT2D eigenvalue weighted by Gasteiger charge is -2.32. The Bertz CT molecular complexity index is 819. The first kappa shape index (κ1) is 21.3. The molecule has 1 N–H and O–H groups in total. The van der Waals surface area contributed by atoms with E-state index in [1.165, 1.54) is 0 Å². The van der Waals surface area contributed by atoms with Gasteiger partial charge < -0.3 is 0 Å². The van der Waals surface area contributed by atoms with E-state index in [1.54, 1.807) is 30.0 Å². The molecule has 2 aromatic rings. The van der Waals surface area contributed by atoms with Gasteiger partial charge in [0.15, 0.2) is 0 Å². The molecule has 156 valence electrons. The van der Waals surface area contributed by atoms with Gasteiger partial charge in [0, 0.05) is 36.4 Å². The maximum atomic E-state index is 12.4. The van der Waals surface area contributed by atoms with E-state index < -0.39 is 0 Å². The predicted octanol–water partition coefficient (Wildman–Crippen LogP) is 1.77. The van der Waals surface area contributed by atoms with E-state index >= 15 is 0 Å². The fourth-order valence-corrected chi connectivity index (χ4v) is 3.89. The number of anilines is 1. The SMILES string of the molecule is CC(C)N1CCN([n+]2cc(NC(=O)[C@H](C)CSC(=O)c3ccccc3)on2)CC1. The molecule has 0 spiro atoms. The summed E-state index contributed by atoms with van der Waals surface area (Å²) in [7, 11) is 0. The van der Waals surface area contributed by atoms with Gasteiger partial charge in [-0.25, -0.2) is 0 Å². The molecular weight excluding hydrogens is 390 g/mol. The zero-order chi connectivity index (χ0) is 20.8. The number of benzene rings is 1. The molecule has 3 rings (SSSR count). The number of carbonyl (C=O) groups is 2. The van der Waals surface area contributed by atoms with Crippen molar-refractivity contribution < 1.29 is 18.9 Å². The molecule has 1 amide bonds. The summed E-state index contributed by atoms with van der Waals surface area (Å²) in [6.07, 6.45) is 1.68. The molecule has 1 saturated heterocycles. The molecular formula is C20H28N5O3S+. The fourth-order valence-electron chi connectivity index (χ4n) is 3.04. The highest BCUT2D eigenvalue weighted by atomic mass is 32.2. The van der Waals surface area contributed by atoms with E-state index in [1.807, 2.05) is 18.2 Å². The summed E-state index contributed by atoms with van der Waals surface area (Å²) in [5.41, 5.74) is 0.638. The maximum Gasteiger partial charge on any atom is 0.305 e. The zero-order valence-corrected chi connectivity index (χ0v) is 17.9.